The van der Waals surface area contributed by atoms with E-state index in [1.165, 1.54) is 5.69 Å². The third-order valence-corrected chi connectivity index (χ3v) is 4.69. The first-order chi connectivity index (χ1) is 12.8. The van der Waals surface area contributed by atoms with Crippen molar-refractivity contribution in [2.45, 2.75) is 0 Å². The first kappa shape index (κ1) is 16.4. The van der Waals surface area contributed by atoms with Crippen molar-refractivity contribution in [3.8, 4) is 0 Å². The van der Waals surface area contributed by atoms with Crippen LogP contribution in [0.4, 0.5) is 17.5 Å². The van der Waals surface area contributed by atoms with E-state index in [1.54, 1.807) is 0 Å². The third-order valence-electron chi connectivity index (χ3n) is 4.69. The molecule has 1 saturated heterocycles. The summed E-state index contributed by atoms with van der Waals surface area (Å²) in [5.74, 6) is 1.67. The van der Waals surface area contributed by atoms with Crippen LogP contribution in [-0.2, 0) is 0 Å². The lowest BCUT2D eigenvalue weighted by Crippen LogP contribution is -2.47. The van der Waals surface area contributed by atoms with Gasteiger partial charge in [0.05, 0.1) is 5.52 Å². The molecule has 1 aliphatic rings. The Morgan fingerprint density at radius 2 is 1.58 bits per heavy atom. The van der Waals surface area contributed by atoms with E-state index in [9.17, 15) is 0 Å². The van der Waals surface area contributed by atoms with Gasteiger partial charge in [0, 0.05) is 43.8 Å². The Kier molecular flexibility index (Phi) is 4.69. The van der Waals surface area contributed by atoms with Crippen molar-refractivity contribution in [3.63, 3.8) is 0 Å². The van der Waals surface area contributed by atoms with Crippen molar-refractivity contribution in [2.75, 3.05) is 47.8 Å². The van der Waals surface area contributed by atoms with Crippen molar-refractivity contribution in [3.05, 3.63) is 67.3 Å². The minimum Gasteiger partial charge on any atom is -0.368 e. The normalized spacial score (nSPS) is 14.5. The molecule has 0 saturated carbocycles. The largest absolute Gasteiger partial charge is 0.368 e. The highest BCUT2D eigenvalue weighted by molar-refractivity contribution is 5.90. The average Bonchev–Trinajstić information content (AvgIpc) is 2.72. The Labute approximate surface area is 154 Å². The quantitative estimate of drug-likeness (QED) is 0.717. The molecule has 5 heteroatoms. The van der Waals surface area contributed by atoms with Crippen molar-refractivity contribution in [1.29, 1.82) is 0 Å². The molecule has 5 nitrogen and oxygen atoms in total. The monoisotopic (exact) mass is 345 g/mol. The molecule has 0 amide bonds. The van der Waals surface area contributed by atoms with Gasteiger partial charge < -0.3 is 15.1 Å². The lowest BCUT2D eigenvalue weighted by molar-refractivity contribution is 0.641. The van der Waals surface area contributed by atoms with Crippen LogP contribution < -0.4 is 15.1 Å². The second-order valence-corrected chi connectivity index (χ2v) is 6.37. The number of rotatable bonds is 5. The van der Waals surface area contributed by atoms with Gasteiger partial charge in [-0.05, 0) is 24.3 Å². The molecule has 3 aromatic rings. The lowest BCUT2D eigenvalue weighted by atomic mass is 10.2. The van der Waals surface area contributed by atoms with E-state index >= 15 is 0 Å². The van der Waals surface area contributed by atoms with Crippen molar-refractivity contribution < 1.29 is 0 Å². The number of anilines is 3. The highest BCUT2D eigenvalue weighted by Gasteiger charge is 2.20. The van der Waals surface area contributed by atoms with Crippen LogP contribution in [0.1, 0.15) is 0 Å². The molecule has 0 aliphatic carbocycles. The Bertz CT molecular complexity index is 885. The second kappa shape index (κ2) is 7.44. The smallest absolute Gasteiger partial charge is 0.228 e. The molecule has 2 heterocycles. The van der Waals surface area contributed by atoms with Crippen LogP contribution >= 0.6 is 0 Å². The highest BCUT2D eigenvalue weighted by atomic mass is 15.3. The first-order valence-corrected chi connectivity index (χ1v) is 9.01. The molecule has 4 rings (SSSR count). The summed E-state index contributed by atoms with van der Waals surface area (Å²) in [6.45, 7) is 8.22. The van der Waals surface area contributed by atoms with E-state index in [4.69, 9.17) is 9.97 Å². The van der Waals surface area contributed by atoms with Crippen LogP contribution in [0.15, 0.2) is 67.3 Å². The van der Waals surface area contributed by atoms with Crippen LogP contribution in [0.25, 0.3) is 10.9 Å². The number of hydrogen-bond donors (Lipinski definition) is 1. The maximum absolute atomic E-state index is 4.80. The SMILES string of the molecule is C=CCNc1nc(N2CCN(c3ccccc3)CC2)nc2ccccc12. The topological polar surface area (TPSA) is 44.3 Å². The molecule has 1 fully saturated rings. The van der Waals surface area contributed by atoms with Crippen LogP contribution in [0.5, 0.6) is 0 Å². The van der Waals surface area contributed by atoms with E-state index in [1.807, 2.05) is 24.3 Å². The van der Waals surface area contributed by atoms with Gasteiger partial charge in [-0.1, -0.05) is 36.4 Å². The molecule has 1 N–H and O–H groups in total. The summed E-state index contributed by atoms with van der Waals surface area (Å²) in [4.78, 5) is 14.3. The number of nitrogens with zero attached hydrogens (tertiary/aromatic N) is 4. The van der Waals surface area contributed by atoms with Crippen LogP contribution in [0, 0.1) is 0 Å². The zero-order valence-corrected chi connectivity index (χ0v) is 14.8. The predicted octanol–water partition coefficient (Wildman–Crippen LogP) is 3.55. The van der Waals surface area contributed by atoms with Gasteiger partial charge >= 0.3 is 0 Å². The molecule has 0 unspecified atom stereocenters. The molecular formula is C21H23N5. The van der Waals surface area contributed by atoms with Gasteiger partial charge in [-0.15, -0.1) is 6.58 Å². The lowest BCUT2D eigenvalue weighted by Gasteiger charge is -2.36. The molecule has 1 aromatic heterocycles. The van der Waals surface area contributed by atoms with Crippen LogP contribution in [-0.4, -0.2) is 42.7 Å². The van der Waals surface area contributed by atoms with Gasteiger partial charge in [-0.2, -0.15) is 4.98 Å². The van der Waals surface area contributed by atoms with E-state index in [0.717, 1.165) is 48.8 Å². The van der Waals surface area contributed by atoms with Gasteiger partial charge in [-0.3, -0.25) is 0 Å². The van der Waals surface area contributed by atoms with E-state index in [-0.39, 0.29) is 0 Å². The fourth-order valence-corrected chi connectivity index (χ4v) is 3.31. The molecule has 1 aliphatic heterocycles. The summed E-state index contributed by atoms with van der Waals surface area (Å²) in [5, 5.41) is 4.39. The zero-order valence-electron chi connectivity index (χ0n) is 14.8. The molecule has 0 radical (unpaired) electrons. The fraction of sp³-hybridized carbons (Fsp3) is 0.238. The minimum atomic E-state index is 0.683. The summed E-state index contributed by atoms with van der Waals surface area (Å²) in [6.07, 6.45) is 1.84. The molecule has 132 valence electrons. The second-order valence-electron chi connectivity index (χ2n) is 6.37. The van der Waals surface area contributed by atoms with Gasteiger partial charge in [0.15, 0.2) is 0 Å². The number of aromatic nitrogens is 2. The summed E-state index contributed by atoms with van der Waals surface area (Å²) < 4.78 is 0. The van der Waals surface area contributed by atoms with Gasteiger partial charge in [0.25, 0.3) is 0 Å². The number of fused-ring (bicyclic) bond motifs is 1. The maximum Gasteiger partial charge on any atom is 0.228 e. The predicted molar refractivity (Wildman–Crippen MR) is 109 cm³/mol. The number of benzene rings is 2. The molecule has 0 bridgehead atoms. The number of para-hydroxylation sites is 2. The number of hydrogen-bond acceptors (Lipinski definition) is 5. The Hall–Kier alpha value is -3.08. The average molecular weight is 345 g/mol. The van der Waals surface area contributed by atoms with E-state index < -0.39 is 0 Å². The van der Waals surface area contributed by atoms with E-state index in [2.05, 4.69) is 58.1 Å². The fourth-order valence-electron chi connectivity index (χ4n) is 3.31. The molecule has 0 atom stereocenters. The first-order valence-electron chi connectivity index (χ1n) is 9.01. The standard InChI is InChI=1S/C21H23N5/c1-2-12-22-20-18-10-6-7-11-19(18)23-21(24-20)26-15-13-25(14-16-26)17-8-4-3-5-9-17/h2-11H,1,12-16H2,(H,22,23,24). The zero-order chi connectivity index (χ0) is 17.8. The molecule has 26 heavy (non-hydrogen) atoms. The van der Waals surface area contributed by atoms with Crippen LogP contribution in [0.2, 0.25) is 0 Å². The summed E-state index contributed by atoms with van der Waals surface area (Å²) in [6, 6.07) is 18.7. The summed E-state index contributed by atoms with van der Waals surface area (Å²) in [5.41, 5.74) is 2.24. The van der Waals surface area contributed by atoms with Crippen molar-refractivity contribution in [2.24, 2.45) is 0 Å². The maximum atomic E-state index is 4.80. The summed E-state index contributed by atoms with van der Waals surface area (Å²) >= 11 is 0. The minimum absolute atomic E-state index is 0.683. The highest BCUT2D eigenvalue weighted by Crippen LogP contribution is 2.25. The molecule has 2 aromatic carbocycles. The van der Waals surface area contributed by atoms with Gasteiger partial charge in [0.2, 0.25) is 5.95 Å². The number of nitrogens with one attached hydrogen (secondary N) is 1. The van der Waals surface area contributed by atoms with E-state index in [0.29, 0.717) is 6.54 Å². The Morgan fingerprint density at radius 3 is 2.35 bits per heavy atom. The van der Waals surface area contributed by atoms with Gasteiger partial charge in [0.1, 0.15) is 5.82 Å². The third kappa shape index (κ3) is 3.33. The Balaban J connectivity index is 1.56. The number of piperazine rings is 1. The van der Waals surface area contributed by atoms with Crippen molar-refractivity contribution >= 4 is 28.4 Å². The van der Waals surface area contributed by atoms with Crippen molar-refractivity contribution in [1.82, 2.24) is 9.97 Å². The molecular weight excluding hydrogens is 322 g/mol. The Morgan fingerprint density at radius 1 is 0.885 bits per heavy atom. The van der Waals surface area contributed by atoms with Crippen LogP contribution in [0.3, 0.4) is 0 Å². The van der Waals surface area contributed by atoms with Gasteiger partial charge in [-0.25, -0.2) is 4.98 Å². The summed E-state index contributed by atoms with van der Waals surface area (Å²) in [7, 11) is 0. The molecule has 0 spiro atoms.